The first kappa shape index (κ1) is 19.2. The lowest BCUT2D eigenvalue weighted by Gasteiger charge is -2.45. The molecule has 4 rings (SSSR count). The molecule has 2 bridgehead atoms. The number of rotatable bonds is 6. The number of morpholine rings is 2. The quantitative estimate of drug-likeness (QED) is 0.743. The zero-order valence-corrected chi connectivity index (χ0v) is 16.6. The van der Waals surface area contributed by atoms with E-state index in [4.69, 9.17) is 18.4 Å². The van der Waals surface area contributed by atoms with E-state index in [0.717, 1.165) is 42.4 Å². The number of furan rings is 1. The number of fused-ring (bicyclic) bond motifs is 2. The molecule has 2 aromatic rings. The summed E-state index contributed by atoms with van der Waals surface area (Å²) in [5.41, 5.74) is 1.85. The van der Waals surface area contributed by atoms with Crippen molar-refractivity contribution < 1.29 is 23.2 Å². The van der Waals surface area contributed by atoms with E-state index in [-0.39, 0.29) is 18.1 Å². The Kier molecular flexibility index (Phi) is 5.52. The van der Waals surface area contributed by atoms with Crippen LogP contribution in [0.4, 0.5) is 0 Å². The molecule has 0 unspecified atom stereocenters. The number of methoxy groups -OCH3 is 1. The summed E-state index contributed by atoms with van der Waals surface area (Å²) in [4.78, 5) is 17.1. The maximum Gasteiger partial charge on any atom is 0.289 e. The molecular formula is C20H27N3O5. The molecule has 1 amide bonds. The molecule has 2 saturated heterocycles. The molecule has 8 heteroatoms. The first-order valence-corrected chi connectivity index (χ1v) is 9.70. The average molecular weight is 389 g/mol. The van der Waals surface area contributed by atoms with E-state index in [9.17, 15) is 4.79 Å². The Balaban J connectivity index is 1.39. The van der Waals surface area contributed by atoms with Gasteiger partial charge in [-0.2, -0.15) is 0 Å². The third kappa shape index (κ3) is 3.99. The van der Waals surface area contributed by atoms with Gasteiger partial charge in [0.1, 0.15) is 11.5 Å². The highest BCUT2D eigenvalue weighted by Crippen LogP contribution is 2.23. The topological polar surface area (TPSA) is 81.2 Å². The molecule has 2 aliphatic rings. The average Bonchev–Trinajstić information content (AvgIpc) is 3.27. The van der Waals surface area contributed by atoms with Crippen LogP contribution in [0.1, 0.15) is 33.3 Å². The Morgan fingerprint density at radius 3 is 2.61 bits per heavy atom. The monoisotopic (exact) mass is 389 g/mol. The van der Waals surface area contributed by atoms with Gasteiger partial charge >= 0.3 is 0 Å². The highest BCUT2D eigenvalue weighted by molar-refractivity contribution is 5.91. The summed E-state index contributed by atoms with van der Waals surface area (Å²) in [5.74, 6) is 1.81. The number of carbonyl (C=O) groups excluding carboxylic acids is 1. The first-order chi connectivity index (χ1) is 13.5. The molecule has 28 heavy (non-hydrogen) atoms. The van der Waals surface area contributed by atoms with Crippen molar-refractivity contribution in [2.45, 2.75) is 32.5 Å². The highest BCUT2D eigenvalue weighted by Gasteiger charge is 2.37. The van der Waals surface area contributed by atoms with Crippen LogP contribution in [0.5, 0.6) is 0 Å². The molecule has 0 spiro atoms. The lowest BCUT2D eigenvalue weighted by molar-refractivity contribution is -0.132. The van der Waals surface area contributed by atoms with Crippen LogP contribution < -0.4 is 0 Å². The molecule has 0 radical (unpaired) electrons. The van der Waals surface area contributed by atoms with Crippen LogP contribution in [0.3, 0.4) is 0 Å². The molecule has 152 valence electrons. The molecular weight excluding hydrogens is 362 g/mol. The third-order valence-electron chi connectivity index (χ3n) is 5.46. The summed E-state index contributed by atoms with van der Waals surface area (Å²) in [6, 6.07) is 3.61. The van der Waals surface area contributed by atoms with Crippen molar-refractivity contribution in [1.82, 2.24) is 15.0 Å². The number of carbonyl (C=O) groups is 1. The molecule has 0 N–H and O–H groups in total. The van der Waals surface area contributed by atoms with Crippen LogP contribution in [-0.4, -0.2) is 79.5 Å². The van der Waals surface area contributed by atoms with Crippen LogP contribution >= 0.6 is 0 Å². The van der Waals surface area contributed by atoms with Crippen LogP contribution in [0.15, 0.2) is 21.1 Å². The van der Waals surface area contributed by atoms with E-state index >= 15 is 0 Å². The van der Waals surface area contributed by atoms with Gasteiger partial charge in [0.15, 0.2) is 5.76 Å². The van der Waals surface area contributed by atoms with E-state index in [1.807, 2.05) is 24.8 Å². The van der Waals surface area contributed by atoms with Gasteiger partial charge in [0.25, 0.3) is 5.91 Å². The van der Waals surface area contributed by atoms with Crippen molar-refractivity contribution in [2.75, 3.05) is 46.4 Å². The SMILES string of the molecule is COCCN1C[C@@H]2CN(C(=O)c3ccc(Cc4c(C)noc4C)o3)C[C@H](C1)O2. The van der Waals surface area contributed by atoms with E-state index < -0.39 is 0 Å². The highest BCUT2D eigenvalue weighted by atomic mass is 16.5. The maximum atomic E-state index is 12.9. The Morgan fingerprint density at radius 1 is 1.21 bits per heavy atom. The van der Waals surface area contributed by atoms with E-state index in [0.29, 0.717) is 31.9 Å². The van der Waals surface area contributed by atoms with Crippen molar-refractivity contribution >= 4 is 5.91 Å². The van der Waals surface area contributed by atoms with Gasteiger partial charge in [-0.3, -0.25) is 9.69 Å². The second-order valence-corrected chi connectivity index (χ2v) is 7.59. The van der Waals surface area contributed by atoms with E-state index in [1.54, 1.807) is 13.2 Å². The molecule has 8 nitrogen and oxygen atoms in total. The van der Waals surface area contributed by atoms with Crippen LogP contribution in [0.25, 0.3) is 0 Å². The largest absolute Gasteiger partial charge is 0.456 e. The Labute approximate surface area is 164 Å². The Morgan fingerprint density at radius 2 is 1.96 bits per heavy atom. The van der Waals surface area contributed by atoms with Gasteiger partial charge in [-0.25, -0.2) is 0 Å². The summed E-state index contributed by atoms with van der Waals surface area (Å²) in [6.45, 7) is 8.19. The fraction of sp³-hybridized carbons (Fsp3) is 0.600. The summed E-state index contributed by atoms with van der Waals surface area (Å²) < 4.78 is 22.2. The predicted molar refractivity (Wildman–Crippen MR) is 100 cm³/mol. The smallest absolute Gasteiger partial charge is 0.289 e. The van der Waals surface area contributed by atoms with Crippen molar-refractivity contribution in [3.63, 3.8) is 0 Å². The van der Waals surface area contributed by atoms with E-state index in [2.05, 4.69) is 10.1 Å². The van der Waals surface area contributed by atoms with Gasteiger partial charge in [0, 0.05) is 51.8 Å². The third-order valence-corrected chi connectivity index (χ3v) is 5.46. The molecule has 0 saturated carbocycles. The van der Waals surface area contributed by atoms with Crippen molar-refractivity contribution in [1.29, 1.82) is 0 Å². The summed E-state index contributed by atoms with van der Waals surface area (Å²) >= 11 is 0. The summed E-state index contributed by atoms with van der Waals surface area (Å²) in [6.07, 6.45) is 0.632. The number of nitrogens with zero attached hydrogens (tertiary/aromatic N) is 3. The maximum absolute atomic E-state index is 12.9. The number of hydrogen-bond donors (Lipinski definition) is 0. The normalized spacial score (nSPS) is 22.6. The van der Waals surface area contributed by atoms with E-state index in [1.165, 1.54) is 0 Å². The minimum absolute atomic E-state index is 0.0324. The minimum Gasteiger partial charge on any atom is -0.456 e. The first-order valence-electron chi connectivity index (χ1n) is 9.70. The second kappa shape index (κ2) is 8.06. The van der Waals surface area contributed by atoms with Crippen molar-refractivity contribution in [3.8, 4) is 0 Å². The zero-order chi connectivity index (χ0) is 19.7. The fourth-order valence-electron chi connectivity index (χ4n) is 4.02. The second-order valence-electron chi connectivity index (χ2n) is 7.59. The Bertz CT molecular complexity index is 796. The van der Waals surface area contributed by atoms with Gasteiger partial charge in [0.05, 0.1) is 24.5 Å². The lowest BCUT2D eigenvalue weighted by Crippen LogP contribution is -2.60. The molecule has 2 atom stereocenters. The zero-order valence-electron chi connectivity index (χ0n) is 16.6. The molecule has 4 heterocycles. The summed E-state index contributed by atoms with van der Waals surface area (Å²) in [5, 5.41) is 3.97. The number of ether oxygens (including phenoxy) is 2. The van der Waals surface area contributed by atoms with Gasteiger partial charge in [-0.1, -0.05) is 5.16 Å². The Hall–Kier alpha value is -2.16. The molecule has 0 aromatic carbocycles. The molecule has 2 aromatic heterocycles. The number of amides is 1. The summed E-state index contributed by atoms with van der Waals surface area (Å²) in [7, 11) is 1.71. The minimum atomic E-state index is -0.0753. The van der Waals surface area contributed by atoms with Gasteiger partial charge in [-0.15, -0.1) is 0 Å². The van der Waals surface area contributed by atoms with Crippen molar-refractivity contribution in [2.24, 2.45) is 0 Å². The van der Waals surface area contributed by atoms with Crippen molar-refractivity contribution in [3.05, 3.63) is 40.7 Å². The fourth-order valence-corrected chi connectivity index (χ4v) is 4.02. The predicted octanol–water partition coefficient (Wildman–Crippen LogP) is 1.65. The molecule has 2 fully saturated rings. The standard InChI is InChI=1S/C20H27N3O5/c1-13-18(14(2)28-21-13)8-15-4-5-19(27-15)20(24)23-11-16-9-22(6-7-25-3)10-17(12-23)26-16/h4-5,16-17H,6-12H2,1-3H3/t16-,17+. The molecule has 2 aliphatic heterocycles. The van der Waals surface area contributed by atoms with Crippen LogP contribution in [0.2, 0.25) is 0 Å². The number of aryl methyl sites for hydroxylation is 2. The number of hydrogen-bond acceptors (Lipinski definition) is 7. The van der Waals surface area contributed by atoms with Gasteiger partial charge in [-0.05, 0) is 26.0 Å². The van der Waals surface area contributed by atoms with Gasteiger partial charge < -0.3 is 23.3 Å². The van der Waals surface area contributed by atoms with Crippen LogP contribution in [0, 0.1) is 13.8 Å². The van der Waals surface area contributed by atoms with Gasteiger partial charge in [0.2, 0.25) is 0 Å². The molecule has 0 aliphatic carbocycles. The lowest BCUT2D eigenvalue weighted by atomic mass is 10.1. The van der Waals surface area contributed by atoms with Crippen LogP contribution in [-0.2, 0) is 15.9 Å². The number of aromatic nitrogens is 1.